The fraction of sp³-hybridized carbons (Fsp3) is 0.500. The number of carboxylic acids is 1. The summed E-state index contributed by atoms with van der Waals surface area (Å²) in [6.45, 7) is 7.48. The summed E-state index contributed by atoms with van der Waals surface area (Å²) in [5.41, 5.74) is 2.11. The van der Waals surface area contributed by atoms with Gasteiger partial charge in [-0.2, -0.15) is 13.2 Å². The van der Waals surface area contributed by atoms with E-state index >= 15 is 0 Å². The van der Waals surface area contributed by atoms with E-state index in [0.717, 1.165) is 37.6 Å². The van der Waals surface area contributed by atoms with Crippen molar-refractivity contribution < 1.29 is 27.9 Å². The van der Waals surface area contributed by atoms with Gasteiger partial charge in [0.2, 0.25) is 5.91 Å². The standard InChI is InChI=1S/C12H18N4O.C2HF3O2/c1-9-11(16-7-5-13-6-8-16)3-4-12(14-9)15-10(2)17;3-2(4,5)1(6)7/h3-4,13H,5-8H2,1-2H3,(H,14,15,17);(H,6,7). The molecule has 0 atom stereocenters. The second kappa shape index (κ2) is 8.48. The number of nitrogens with zero attached hydrogens (tertiary/aromatic N) is 2. The molecule has 1 aliphatic heterocycles. The third-order valence-corrected chi connectivity index (χ3v) is 3.06. The lowest BCUT2D eigenvalue weighted by atomic mass is 10.2. The first-order valence-corrected chi connectivity index (χ1v) is 7.12. The topological polar surface area (TPSA) is 94.6 Å². The Morgan fingerprint density at radius 2 is 1.83 bits per heavy atom. The highest BCUT2D eigenvalue weighted by atomic mass is 19.4. The van der Waals surface area contributed by atoms with Crippen LogP contribution in [0.5, 0.6) is 0 Å². The lowest BCUT2D eigenvalue weighted by molar-refractivity contribution is -0.192. The van der Waals surface area contributed by atoms with Gasteiger partial charge in [0.1, 0.15) is 5.82 Å². The monoisotopic (exact) mass is 348 g/mol. The van der Waals surface area contributed by atoms with Gasteiger partial charge in [-0.3, -0.25) is 4.79 Å². The van der Waals surface area contributed by atoms with E-state index in [1.54, 1.807) is 0 Å². The van der Waals surface area contributed by atoms with E-state index < -0.39 is 12.1 Å². The molecule has 1 aromatic rings. The van der Waals surface area contributed by atoms with Crippen molar-refractivity contribution in [2.45, 2.75) is 20.0 Å². The van der Waals surface area contributed by atoms with E-state index in [1.165, 1.54) is 6.92 Å². The molecular formula is C14H19F3N4O3. The highest BCUT2D eigenvalue weighted by molar-refractivity contribution is 5.87. The molecule has 10 heteroatoms. The van der Waals surface area contributed by atoms with E-state index in [-0.39, 0.29) is 5.91 Å². The largest absolute Gasteiger partial charge is 0.490 e. The molecule has 0 saturated carbocycles. The fourth-order valence-electron chi connectivity index (χ4n) is 2.04. The van der Waals surface area contributed by atoms with E-state index in [2.05, 4.69) is 20.5 Å². The summed E-state index contributed by atoms with van der Waals surface area (Å²) in [4.78, 5) is 26.5. The number of aromatic nitrogens is 1. The lowest BCUT2D eigenvalue weighted by Crippen LogP contribution is -2.43. The highest BCUT2D eigenvalue weighted by Gasteiger charge is 2.38. The molecule has 0 radical (unpaired) electrons. The number of aryl methyl sites for hydroxylation is 1. The van der Waals surface area contributed by atoms with Crippen LogP contribution in [0.4, 0.5) is 24.7 Å². The van der Waals surface area contributed by atoms with Crippen molar-refractivity contribution in [2.24, 2.45) is 0 Å². The van der Waals surface area contributed by atoms with Gasteiger partial charge < -0.3 is 20.6 Å². The summed E-state index contributed by atoms with van der Waals surface area (Å²) in [5.74, 6) is -2.23. The van der Waals surface area contributed by atoms with E-state index in [9.17, 15) is 18.0 Å². The molecule has 2 heterocycles. The SMILES string of the molecule is CC(=O)Nc1ccc(N2CCNCC2)c(C)n1.O=C(O)C(F)(F)F. The average molecular weight is 348 g/mol. The molecule has 0 unspecified atom stereocenters. The Morgan fingerprint density at radius 1 is 1.29 bits per heavy atom. The zero-order chi connectivity index (χ0) is 18.3. The Labute approximate surface area is 136 Å². The Balaban J connectivity index is 0.000000351. The van der Waals surface area contributed by atoms with Crippen molar-refractivity contribution in [1.29, 1.82) is 0 Å². The van der Waals surface area contributed by atoms with E-state index in [4.69, 9.17) is 9.90 Å². The third kappa shape index (κ3) is 6.41. The first kappa shape index (κ1) is 19.7. The molecule has 1 aliphatic rings. The van der Waals surface area contributed by atoms with Crippen LogP contribution in [0.1, 0.15) is 12.6 Å². The van der Waals surface area contributed by atoms with E-state index in [0.29, 0.717) is 5.82 Å². The number of alkyl halides is 3. The molecule has 0 bridgehead atoms. The summed E-state index contributed by atoms with van der Waals surface area (Å²) in [7, 11) is 0. The first-order chi connectivity index (χ1) is 11.1. The van der Waals surface area contributed by atoms with Crippen LogP contribution in [0, 0.1) is 6.92 Å². The summed E-state index contributed by atoms with van der Waals surface area (Å²) in [6.07, 6.45) is -5.08. The summed E-state index contributed by atoms with van der Waals surface area (Å²) < 4.78 is 31.7. The first-order valence-electron chi connectivity index (χ1n) is 7.12. The minimum absolute atomic E-state index is 0.0909. The summed E-state index contributed by atoms with van der Waals surface area (Å²) in [5, 5.41) is 13.1. The number of halogens is 3. The number of pyridine rings is 1. The molecule has 2 rings (SSSR count). The molecule has 3 N–H and O–H groups in total. The van der Waals surface area contributed by atoms with Crippen molar-refractivity contribution in [3.8, 4) is 0 Å². The molecule has 0 spiro atoms. The van der Waals surface area contributed by atoms with E-state index in [1.807, 2.05) is 19.1 Å². The number of carbonyl (C=O) groups is 2. The van der Waals surface area contributed by atoms with Crippen LogP contribution >= 0.6 is 0 Å². The number of piperazine rings is 1. The van der Waals surface area contributed by atoms with Crippen LogP contribution in [0.2, 0.25) is 0 Å². The van der Waals surface area contributed by atoms with Gasteiger partial charge in [-0.1, -0.05) is 0 Å². The number of carboxylic acid groups (broad SMARTS) is 1. The Morgan fingerprint density at radius 3 is 2.25 bits per heavy atom. The Hall–Kier alpha value is -2.36. The van der Waals surface area contributed by atoms with Gasteiger partial charge in [0, 0.05) is 33.1 Å². The van der Waals surface area contributed by atoms with Gasteiger partial charge >= 0.3 is 12.1 Å². The van der Waals surface area contributed by atoms with Gasteiger partial charge in [0.05, 0.1) is 11.4 Å². The molecule has 0 aromatic carbocycles. The number of hydrogen-bond donors (Lipinski definition) is 3. The lowest BCUT2D eigenvalue weighted by Gasteiger charge is -2.30. The van der Waals surface area contributed by atoms with Crippen LogP contribution in [-0.2, 0) is 9.59 Å². The summed E-state index contributed by atoms with van der Waals surface area (Å²) >= 11 is 0. The number of aliphatic carboxylic acids is 1. The van der Waals surface area contributed by atoms with Crippen LogP contribution < -0.4 is 15.5 Å². The minimum atomic E-state index is -5.08. The van der Waals surface area contributed by atoms with Gasteiger partial charge in [-0.15, -0.1) is 0 Å². The molecule has 1 amide bonds. The minimum Gasteiger partial charge on any atom is -0.475 e. The number of nitrogens with one attached hydrogen (secondary N) is 2. The van der Waals surface area contributed by atoms with Gasteiger partial charge in [0.15, 0.2) is 0 Å². The maximum absolute atomic E-state index is 10.9. The van der Waals surface area contributed by atoms with Crippen LogP contribution in [0.25, 0.3) is 0 Å². The number of anilines is 2. The molecule has 0 aliphatic carbocycles. The number of hydrogen-bond acceptors (Lipinski definition) is 5. The van der Waals surface area contributed by atoms with Gasteiger partial charge in [-0.25, -0.2) is 9.78 Å². The predicted molar refractivity (Wildman–Crippen MR) is 82.1 cm³/mol. The van der Waals surface area contributed by atoms with Crippen molar-refractivity contribution in [3.05, 3.63) is 17.8 Å². The smallest absolute Gasteiger partial charge is 0.475 e. The molecule has 24 heavy (non-hydrogen) atoms. The van der Waals surface area contributed by atoms with Crippen molar-refractivity contribution in [2.75, 3.05) is 36.4 Å². The highest BCUT2D eigenvalue weighted by Crippen LogP contribution is 2.20. The third-order valence-electron chi connectivity index (χ3n) is 3.06. The van der Waals surface area contributed by atoms with Gasteiger partial charge in [0.25, 0.3) is 0 Å². The van der Waals surface area contributed by atoms with Crippen molar-refractivity contribution in [1.82, 2.24) is 10.3 Å². The number of rotatable bonds is 2. The molecule has 7 nitrogen and oxygen atoms in total. The van der Waals surface area contributed by atoms with Gasteiger partial charge in [-0.05, 0) is 19.1 Å². The Kier molecular flexibility index (Phi) is 6.96. The maximum atomic E-state index is 10.9. The Bertz CT molecular complexity index is 587. The predicted octanol–water partition coefficient (Wildman–Crippen LogP) is 1.39. The number of carbonyl (C=O) groups excluding carboxylic acids is 1. The maximum Gasteiger partial charge on any atom is 0.490 e. The molecule has 1 fully saturated rings. The molecular weight excluding hydrogens is 329 g/mol. The average Bonchev–Trinajstić information content (AvgIpc) is 2.47. The second-order valence-electron chi connectivity index (χ2n) is 5.02. The molecule has 1 saturated heterocycles. The molecule has 1 aromatic heterocycles. The second-order valence-corrected chi connectivity index (χ2v) is 5.02. The number of amides is 1. The van der Waals surface area contributed by atoms with Crippen LogP contribution in [-0.4, -0.2) is 54.3 Å². The zero-order valence-electron chi connectivity index (χ0n) is 13.3. The zero-order valence-corrected chi connectivity index (χ0v) is 13.3. The van der Waals surface area contributed by atoms with Crippen molar-refractivity contribution in [3.63, 3.8) is 0 Å². The fourth-order valence-corrected chi connectivity index (χ4v) is 2.04. The summed E-state index contributed by atoms with van der Waals surface area (Å²) in [6, 6.07) is 3.88. The van der Waals surface area contributed by atoms with Crippen molar-refractivity contribution >= 4 is 23.4 Å². The normalized spacial score (nSPS) is 14.5. The molecule has 134 valence electrons. The van der Waals surface area contributed by atoms with Crippen LogP contribution in [0.3, 0.4) is 0 Å². The quantitative estimate of drug-likeness (QED) is 0.748. The van der Waals surface area contributed by atoms with Crippen LogP contribution in [0.15, 0.2) is 12.1 Å².